The normalized spacial score (nSPS) is 15.9. The molecule has 0 saturated heterocycles. The standard InChI is InChI=1S/C32H56O.C4H8.3C3H8.3C2H6/c1-10-14-29-26(6)27(7)31-30(28(29)8)20-22-32(9,33-31)21-13-19-25(5)18-12-17-24(4)16-11-15-23(2)3;1-2-4-3-1;3*1-3-2;3*1-2/h23-25H,10-22H2,1-9H3;1-4H2;3*3H2,1-2H3;3*1-2H3. The van der Waals surface area contributed by atoms with E-state index in [1.165, 1.54) is 150 Å². The first-order chi connectivity index (χ1) is 24.8. The highest BCUT2D eigenvalue weighted by atomic mass is 16.5. The Morgan fingerprint density at radius 2 is 0.942 bits per heavy atom. The highest BCUT2D eigenvalue weighted by molar-refractivity contribution is 5.55. The lowest BCUT2D eigenvalue weighted by atomic mass is 9.82. The van der Waals surface area contributed by atoms with Crippen LogP contribution < -0.4 is 4.74 Å². The van der Waals surface area contributed by atoms with Crippen molar-refractivity contribution in [1.82, 2.24) is 0 Å². The zero-order valence-corrected chi connectivity index (χ0v) is 40.8. The monoisotopic (exact) mass is 735 g/mol. The number of benzene rings is 1. The lowest BCUT2D eigenvalue weighted by molar-refractivity contribution is 0.0513. The second-order valence-corrected chi connectivity index (χ2v) is 15.9. The summed E-state index contributed by atoms with van der Waals surface area (Å²) in [5.74, 6) is 3.82. The van der Waals surface area contributed by atoms with E-state index in [1.807, 2.05) is 41.5 Å². The second-order valence-electron chi connectivity index (χ2n) is 15.9. The van der Waals surface area contributed by atoms with E-state index in [2.05, 4.69) is 104 Å². The van der Waals surface area contributed by atoms with Crippen LogP contribution in [0.3, 0.4) is 0 Å². The van der Waals surface area contributed by atoms with Crippen molar-refractivity contribution in [3.8, 4) is 5.75 Å². The van der Waals surface area contributed by atoms with Crippen molar-refractivity contribution in [2.75, 3.05) is 0 Å². The molecule has 1 heterocycles. The smallest absolute Gasteiger partial charge is 0.126 e. The highest BCUT2D eigenvalue weighted by Crippen LogP contribution is 2.43. The molecule has 0 aromatic heterocycles. The van der Waals surface area contributed by atoms with E-state index in [1.54, 1.807) is 5.56 Å². The Morgan fingerprint density at radius 3 is 1.31 bits per heavy atom. The molecule has 3 unspecified atom stereocenters. The van der Waals surface area contributed by atoms with Gasteiger partial charge in [-0.25, -0.2) is 0 Å². The summed E-state index contributed by atoms with van der Waals surface area (Å²) in [7, 11) is 0. The molecule has 0 bridgehead atoms. The summed E-state index contributed by atoms with van der Waals surface area (Å²) in [6.45, 7) is 45.9. The summed E-state index contributed by atoms with van der Waals surface area (Å²) in [6, 6.07) is 0. The summed E-state index contributed by atoms with van der Waals surface area (Å²) in [5, 5.41) is 0. The van der Waals surface area contributed by atoms with Crippen LogP contribution in [0, 0.1) is 38.5 Å². The molecule has 1 heteroatoms. The molecular weight excluding hydrogens is 629 g/mol. The van der Waals surface area contributed by atoms with Crippen molar-refractivity contribution in [3.63, 3.8) is 0 Å². The van der Waals surface area contributed by atoms with Crippen molar-refractivity contribution in [2.45, 2.75) is 279 Å². The number of ether oxygens (including phenoxy) is 1. The summed E-state index contributed by atoms with van der Waals surface area (Å²) >= 11 is 0. The first-order valence-corrected chi connectivity index (χ1v) is 23.6. The van der Waals surface area contributed by atoms with Crippen LogP contribution in [0.1, 0.15) is 268 Å². The maximum atomic E-state index is 6.79. The highest BCUT2D eigenvalue weighted by Gasteiger charge is 2.34. The van der Waals surface area contributed by atoms with Crippen molar-refractivity contribution in [2.24, 2.45) is 17.8 Å². The average Bonchev–Trinajstić information content (AvgIpc) is 3.08. The lowest BCUT2D eigenvalue weighted by Gasteiger charge is -2.38. The molecule has 1 aliphatic carbocycles. The number of fused-ring (bicyclic) bond motifs is 1. The SMILES string of the molecule is C1CCC1.CC.CC.CC.CCC.CCC.CCC.CCCc1c(C)c(C)c2c(c1C)CCC(C)(CCCC(C)CCCC(C)CCCC(C)C)O2. The van der Waals surface area contributed by atoms with Gasteiger partial charge in [0.15, 0.2) is 0 Å². The van der Waals surface area contributed by atoms with Crippen molar-refractivity contribution in [1.29, 1.82) is 0 Å². The molecule has 0 amide bonds. The van der Waals surface area contributed by atoms with Crippen LogP contribution in [0.4, 0.5) is 0 Å². The minimum Gasteiger partial charge on any atom is -0.487 e. The van der Waals surface area contributed by atoms with Crippen molar-refractivity contribution in [3.05, 3.63) is 27.8 Å². The summed E-state index contributed by atoms with van der Waals surface area (Å²) < 4.78 is 6.79. The first-order valence-electron chi connectivity index (χ1n) is 23.6. The van der Waals surface area contributed by atoms with E-state index < -0.39 is 0 Å². The molecule has 0 N–H and O–H groups in total. The predicted octanol–water partition coefficient (Wildman–Crippen LogP) is 19.0. The van der Waals surface area contributed by atoms with Crippen molar-refractivity contribution < 1.29 is 4.74 Å². The zero-order valence-electron chi connectivity index (χ0n) is 40.8. The number of hydrogen-bond acceptors (Lipinski definition) is 1. The molecule has 1 nitrogen and oxygen atoms in total. The molecule has 1 aromatic carbocycles. The summed E-state index contributed by atoms with van der Waals surface area (Å²) in [4.78, 5) is 0. The van der Waals surface area contributed by atoms with Gasteiger partial charge in [-0.15, -0.1) is 0 Å². The van der Waals surface area contributed by atoms with Gasteiger partial charge in [0.1, 0.15) is 11.4 Å². The molecule has 1 fully saturated rings. The van der Waals surface area contributed by atoms with Crippen molar-refractivity contribution >= 4 is 0 Å². The van der Waals surface area contributed by atoms with Crippen LogP contribution in [-0.2, 0) is 12.8 Å². The van der Waals surface area contributed by atoms with E-state index >= 15 is 0 Å². The molecule has 2 aliphatic rings. The maximum Gasteiger partial charge on any atom is 0.126 e. The Hall–Kier alpha value is -0.980. The van der Waals surface area contributed by atoms with E-state index in [0.29, 0.717) is 0 Å². The quantitative estimate of drug-likeness (QED) is 0.185. The third-order valence-corrected chi connectivity index (χ3v) is 9.56. The predicted molar refractivity (Wildman–Crippen MR) is 247 cm³/mol. The Balaban J connectivity index is -0.000000322. The first kappa shape index (κ1) is 60.3. The molecule has 3 atom stereocenters. The number of hydrogen-bond donors (Lipinski definition) is 0. The van der Waals surface area contributed by atoms with Gasteiger partial charge in [0.25, 0.3) is 0 Å². The van der Waals surface area contributed by atoms with Gasteiger partial charge in [0.2, 0.25) is 0 Å². The van der Waals surface area contributed by atoms with Gasteiger partial charge in [-0.3, -0.25) is 0 Å². The fourth-order valence-corrected chi connectivity index (χ4v) is 6.24. The van der Waals surface area contributed by atoms with Crippen LogP contribution in [0.5, 0.6) is 5.75 Å². The molecule has 0 spiro atoms. The van der Waals surface area contributed by atoms with Gasteiger partial charge in [-0.1, -0.05) is 214 Å². The molecule has 52 heavy (non-hydrogen) atoms. The Kier molecular flexibility index (Phi) is 49.6. The number of rotatable bonds is 14. The van der Waals surface area contributed by atoms with Gasteiger partial charge in [-0.2, -0.15) is 0 Å². The molecule has 1 aromatic rings. The summed E-state index contributed by atoms with van der Waals surface area (Å²) in [5.41, 5.74) is 7.43. The van der Waals surface area contributed by atoms with E-state index in [9.17, 15) is 0 Å². The maximum absolute atomic E-state index is 6.79. The molecule has 0 radical (unpaired) electrons. The largest absolute Gasteiger partial charge is 0.487 e. The second kappa shape index (κ2) is 42.8. The molecule has 3 rings (SSSR count). The molecular formula is C51H106O. The van der Waals surface area contributed by atoms with Crippen LogP contribution in [0.15, 0.2) is 0 Å². The fraction of sp³-hybridized carbons (Fsp3) is 0.882. The van der Waals surface area contributed by atoms with Gasteiger partial charge in [0, 0.05) is 0 Å². The van der Waals surface area contributed by atoms with Crippen LogP contribution in [0.25, 0.3) is 0 Å². The molecule has 316 valence electrons. The van der Waals surface area contributed by atoms with Gasteiger partial charge in [-0.05, 0) is 105 Å². The Labute approximate surface area is 334 Å². The minimum absolute atomic E-state index is 0.00750. The third kappa shape index (κ3) is 31.4. The third-order valence-electron chi connectivity index (χ3n) is 9.56. The van der Waals surface area contributed by atoms with E-state index in [0.717, 1.165) is 24.2 Å². The van der Waals surface area contributed by atoms with E-state index in [-0.39, 0.29) is 5.60 Å². The molecule has 1 saturated carbocycles. The Morgan fingerprint density at radius 1 is 0.558 bits per heavy atom. The average molecular weight is 735 g/mol. The summed E-state index contributed by atoms with van der Waals surface area (Å²) in [6.07, 6.45) is 26.8. The van der Waals surface area contributed by atoms with Crippen LogP contribution in [0.2, 0.25) is 0 Å². The Bertz CT molecular complexity index is 824. The van der Waals surface area contributed by atoms with E-state index in [4.69, 9.17) is 4.74 Å². The van der Waals surface area contributed by atoms with Gasteiger partial charge >= 0.3 is 0 Å². The zero-order chi connectivity index (χ0) is 41.5. The fourth-order valence-electron chi connectivity index (χ4n) is 6.24. The topological polar surface area (TPSA) is 9.23 Å². The lowest BCUT2D eigenvalue weighted by Crippen LogP contribution is -2.37. The van der Waals surface area contributed by atoms with Crippen LogP contribution in [-0.4, -0.2) is 5.60 Å². The molecule has 1 aliphatic heterocycles. The van der Waals surface area contributed by atoms with Gasteiger partial charge in [0.05, 0.1) is 0 Å². The van der Waals surface area contributed by atoms with Crippen LogP contribution >= 0.6 is 0 Å². The minimum atomic E-state index is 0.00750. The van der Waals surface area contributed by atoms with Gasteiger partial charge < -0.3 is 4.74 Å².